The second kappa shape index (κ2) is 3.49. The van der Waals surface area contributed by atoms with Gasteiger partial charge in [0.2, 0.25) is 0 Å². The molecule has 1 aromatic carbocycles. The van der Waals surface area contributed by atoms with Gasteiger partial charge in [0.05, 0.1) is 17.9 Å². The molecule has 1 aliphatic heterocycles. The Morgan fingerprint density at radius 2 is 2.00 bits per heavy atom. The molecular formula is C10H9F3N2. The highest BCUT2D eigenvalue weighted by molar-refractivity contribution is 5.65. The Hall–Kier alpha value is -1.65. The topological polar surface area (TPSA) is 24.1 Å². The van der Waals surface area contributed by atoms with Gasteiger partial charge >= 0.3 is 6.18 Å². The van der Waals surface area contributed by atoms with Crippen LogP contribution in [0.15, 0.2) is 30.5 Å². The van der Waals surface area contributed by atoms with Gasteiger partial charge in [-0.15, -0.1) is 0 Å². The molecule has 0 saturated heterocycles. The fraction of sp³-hybridized carbons (Fsp3) is 0.200. The molecule has 0 unspecified atom stereocenters. The molecule has 2 rings (SSSR count). The average Bonchev–Trinajstić information content (AvgIpc) is 2.69. The second-order valence-corrected chi connectivity index (χ2v) is 3.19. The Morgan fingerprint density at radius 1 is 1.20 bits per heavy atom. The predicted molar refractivity (Wildman–Crippen MR) is 50.6 cm³/mol. The lowest BCUT2D eigenvalue weighted by Crippen LogP contribution is -2.14. The molecule has 0 aliphatic carbocycles. The molecule has 0 spiro atoms. The molecule has 0 bridgehead atoms. The Balaban J connectivity index is 2.34. The third-order valence-corrected chi connectivity index (χ3v) is 2.13. The van der Waals surface area contributed by atoms with E-state index in [0.717, 1.165) is 12.1 Å². The monoisotopic (exact) mass is 214 g/mol. The fourth-order valence-corrected chi connectivity index (χ4v) is 1.40. The largest absolute Gasteiger partial charge is 0.416 e. The zero-order valence-corrected chi connectivity index (χ0v) is 7.73. The van der Waals surface area contributed by atoms with Crippen LogP contribution in [0.25, 0.3) is 5.70 Å². The van der Waals surface area contributed by atoms with E-state index < -0.39 is 11.7 Å². The van der Waals surface area contributed by atoms with E-state index in [1.807, 2.05) is 0 Å². The van der Waals surface area contributed by atoms with Gasteiger partial charge in [0.1, 0.15) is 0 Å². The van der Waals surface area contributed by atoms with Gasteiger partial charge in [0.25, 0.3) is 0 Å². The van der Waals surface area contributed by atoms with Crippen LogP contribution >= 0.6 is 0 Å². The first-order valence-electron chi connectivity index (χ1n) is 4.42. The van der Waals surface area contributed by atoms with E-state index in [0.29, 0.717) is 17.9 Å². The van der Waals surface area contributed by atoms with Gasteiger partial charge in [-0.3, -0.25) is 0 Å². The van der Waals surface area contributed by atoms with Gasteiger partial charge in [-0.2, -0.15) is 13.2 Å². The summed E-state index contributed by atoms with van der Waals surface area (Å²) in [6, 6.07) is 5.23. The van der Waals surface area contributed by atoms with Gasteiger partial charge < -0.3 is 10.6 Å². The molecule has 80 valence electrons. The fourth-order valence-electron chi connectivity index (χ4n) is 1.40. The number of benzene rings is 1. The SMILES string of the molecule is FC(F)(F)c1cccc(C2=CNCN2)c1. The van der Waals surface area contributed by atoms with Crippen molar-refractivity contribution in [2.24, 2.45) is 0 Å². The highest BCUT2D eigenvalue weighted by atomic mass is 19.4. The average molecular weight is 214 g/mol. The smallest absolute Gasteiger partial charge is 0.372 e. The summed E-state index contributed by atoms with van der Waals surface area (Å²) in [5, 5.41) is 5.81. The Labute approximate surface area is 84.8 Å². The lowest BCUT2D eigenvalue weighted by atomic mass is 10.1. The Kier molecular flexibility index (Phi) is 2.30. The van der Waals surface area contributed by atoms with E-state index in [-0.39, 0.29) is 0 Å². The minimum atomic E-state index is -4.29. The number of hydrogen-bond acceptors (Lipinski definition) is 2. The normalized spacial score (nSPS) is 15.5. The van der Waals surface area contributed by atoms with Gasteiger partial charge in [0.15, 0.2) is 0 Å². The van der Waals surface area contributed by atoms with Gasteiger partial charge in [-0.05, 0) is 17.7 Å². The Morgan fingerprint density at radius 3 is 2.60 bits per heavy atom. The van der Waals surface area contributed by atoms with E-state index in [2.05, 4.69) is 10.6 Å². The van der Waals surface area contributed by atoms with E-state index in [4.69, 9.17) is 0 Å². The molecule has 15 heavy (non-hydrogen) atoms. The maximum absolute atomic E-state index is 12.4. The van der Waals surface area contributed by atoms with Gasteiger partial charge in [-0.1, -0.05) is 12.1 Å². The minimum Gasteiger partial charge on any atom is -0.372 e. The molecular weight excluding hydrogens is 205 g/mol. The van der Waals surface area contributed by atoms with Crippen LogP contribution in [0, 0.1) is 0 Å². The molecule has 0 radical (unpaired) electrons. The summed E-state index contributed by atoms with van der Waals surface area (Å²) in [6.07, 6.45) is -2.63. The quantitative estimate of drug-likeness (QED) is 0.748. The van der Waals surface area contributed by atoms with Crippen LogP contribution in [-0.4, -0.2) is 6.67 Å². The molecule has 0 atom stereocenters. The van der Waals surface area contributed by atoms with Crippen molar-refractivity contribution in [1.29, 1.82) is 0 Å². The number of halogens is 3. The van der Waals surface area contributed by atoms with Crippen molar-refractivity contribution < 1.29 is 13.2 Å². The molecule has 5 heteroatoms. The standard InChI is InChI=1S/C10H9F3N2/c11-10(12,13)8-3-1-2-7(4-8)9-5-14-6-15-9/h1-5,14-15H,6H2. The maximum Gasteiger partial charge on any atom is 0.416 e. The number of alkyl halides is 3. The number of nitrogens with one attached hydrogen (secondary N) is 2. The number of hydrogen-bond donors (Lipinski definition) is 2. The van der Waals surface area contributed by atoms with Crippen molar-refractivity contribution in [1.82, 2.24) is 10.6 Å². The van der Waals surface area contributed by atoms with Crippen LogP contribution < -0.4 is 10.6 Å². The van der Waals surface area contributed by atoms with E-state index >= 15 is 0 Å². The van der Waals surface area contributed by atoms with Crippen molar-refractivity contribution in [3.63, 3.8) is 0 Å². The van der Waals surface area contributed by atoms with E-state index in [1.165, 1.54) is 6.07 Å². The molecule has 0 saturated carbocycles. The van der Waals surface area contributed by atoms with Crippen molar-refractivity contribution in [2.45, 2.75) is 6.18 Å². The summed E-state index contributed by atoms with van der Waals surface area (Å²) in [5.74, 6) is 0. The highest BCUT2D eigenvalue weighted by Gasteiger charge is 2.30. The Bertz CT molecular complexity index is 396. The second-order valence-electron chi connectivity index (χ2n) is 3.19. The van der Waals surface area contributed by atoms with Crippen molar-refractivity contribution in [2.75, 3.05) is 6.67 Å². The van der Waals surface area contributed by atoms with Crippen molar-refractivity contribution >= 4 is 5.70 Å². The minimum absolute atomic E-state index is 0.537. The molecule has 0 fully saturated rings. The van der Waals surface area contributed by atoms with Crippen LogP contribution in [0.3, 0.4) is 0 Å². The summed E-state index contributed by atoms with van der Waals surface area (Å²) >= 11 is 0. The highest BCUT2D eigenvalue weighted by Crippen LogP contribution is 2.30. The zero-order chi connectivity index (χ0) is 10.9. The molecule has 1 aromatic rings. The summed E-state index contributed by atoms with van der Waals surface area (Å²) in [5.41, 5.74) is 0.588. The lowest BCUT2D eigenvalue weighted by Gasteiger charge is -2.09. The molecule has 1 heterocycles. The lowest BCUT2D eigenvalue weighted by molar-refractivity contribution is -0.137. The van der Waals surface area contributed by atoms with Crippen molar-refractivity contribution in [3.05, 3.63) is 41.6 Å². The summed E-state index contributed by atoms with van der Waals surface area (Å²) < 4.78 is 37.2. The molecule has 2 N–H and O–H groups in total. The zero-order valence-electron chi connectivity index (χ0n) is 7.73. The molecule has 2 nitrogen and oxygen atoms in total. The summed E-state index contributed by atoms with van der Waals surface area (Å²) in [4.78, 5) is 0. The number of rotatable bonds is 1. The van der Waals surface area contributed by atoms with Crippen LogP contribution in [-0.2, 0) is 6.18 Å². The van der Waals surface area contributed by atoms with Crippen LogP contribution in [0.5, 0.6) is 0 Å². The van der Waals surface area contributed by atoms with E-state index in [9.17, 15) is 13.2 Å². The molecule has 0 aromatic heterocycles. The third kappa shape index (κ3) is 2.06. The van der Waals surface area contributed by atoms with E-state index in [1.54, 1.807) is 12.3 Å². The predicted octanol–water partition coefficient (Wildman–Crippen LogP) is 2.15. The van der Waals surface area contributed by atoms with Crippen LogP contribution in [0.1, 0.15) is 11.1 Å². The van der Waals surface area contributed by atoms with Gasteiger partial charge in [0, 0.05) is 6.20 Å². The van der Waals surface area contributed by atoms with Crippen LogP contribution in [0.4, 0.5) is 13.2 Å². The van der Waals surface area contributed by atoms with Crippen molar-refractivity contribution in [3.8, 4) is 0 Å². The first-order chi connectivity index (χ1) is 7.07. The van der Waals surface area contributed by atoms with Gasteiger partial charge in [-0.25, -0.2) is 0 Å². The third-order valence-electron chi connectivity index (χ3n) is 2.13. The first kappa shape index (κ1) is 9.89. The summed E-state index contributed by atoms with van der Waals surface area (Å²) in [7, 11) is 0. The van der Waals surface area contributed by atoms with Crippen LogP contribution in [0.2, 0.25) is 0 Å². The first-order valence-corrected chi connectivity index (χ1v) is 4.42. The summed E-state index contributed by atoms with van der Waals surface area (Å²) in [6.45, 7) is 0.547. The molecule has 1 aliphatic rings. The maximum atomic E-state index is 12.4. The molecule has 0 amide bonds.